The monoisotopic (exact) mass is 494 g/mol. The molecule has 1 aliphatic heterocycles. The van der Waals surface area contributed by atoms with Gasteiger partial charge in [0.05, 0.1) is 11.1 Å². The summed E-state index contributed by atoms with van der Waals surface area (Å²) in [5.41, 5.74) is -0.443. The van der Waals surface area contributed by atoms with Crippen LogP contribution in [0, 0.1) is 5.41 Å². The van der Waals surface area contributed by atoms with Crippen molar-refractivity contribution < 1.29 is 31.1 Å². The molecule has 2 heterocycles. The molecule has 5 rings (SSSR count). The number of allylic oxidation sites excluding steroid dienone is 3. The summed E-state index contributed by atoms with van der Waals surface area (Å²) in [5, 5.41) is 0.0611. The fraction of sp³-hybridized carbons (Fsp3) is 0.462. The molecule has 1 aromatic carbocycles. The van der Waals surface area contributed by atoms with E-state index in [0.717, 1.165) is 24.1 Å². The Hall–Kier alpha value is -2.84. The van der Waals surface area contributed by atoms with Crippen molar-refractivity contribution in [1.82, 2.24) is 9.88 Å². The van der Waals surface area contributed by atoms with Crippen molar-refractivity contribution in [3.8, 4) is 0 Å². The number of likely N-dealkylation sites (tertiary alicyclic amines) is 1. The number of fused-ring (bicyclic) bond motifs is 3. The van der Waals surface area contributed by atoms with E-state index in [1.54, 1.807) is 0 Å². The maximum absolute atomic E-state index is 13.7. The predicted octanol–water partition coefficient (Wildman–Crippen LogP) is 7.17. The molecule has 0 spiro atoms. The van der Waals surface area contributed by atoms with E-state index >= 15 is 0 Å². The summed E-state index contributed by atoms with van der Waals surface area (Å²) in [6, 6.07) is 4.32. The highest BCUT2D eigenvalue weighted by Crippen LogP contribution is 2.53. The SMILES string of the molecule is CN1C(=O)CC[C@]2(C)C3=C(C=C(c4cc(C(F)(F)F)nc5c(C(F)(F)F)cccc45)CC3)CC[C@@H]12. The van der Waals surface area contributed by atoms with Gasteiger partial charge >= 0.3 is 12.4 Å². The number of amides is 1. The Labute approximate surface area is 198 Å². The van der Waals surface area contributed by atoms with Crippen molar-refractivity contribution in [3.63, 3.8) is 0 Å². The lowest BCUT2D eigenvalue weighted by molar-refractivity contribution is -0.142. The van der Waals surface area contributed by atoms with Crippen LogP contribution in [0.3, 0.4) is 0 Å². The molecule has 3 nitrogen and oxygen atoms in total. The van der Waals surface area contributed by atoms with Gasteiger partial charge in [-0.25, -0.2) is 4.98 Å². The van der Waals surface area contributed by atoms with E-state index in [4.69, 9.17) is 0 Å². The lowest BCUT2D eigenvalue weighted by Gasteiger charge is -2.52. The summed E-state index contributed by atoms with van der Waals surface area (Å²) >= 11 is 0. The molecule has 1 saturated heterocycles. The molecule has 0 N–H and O–H groups in total. The van der Waals surface area contributed by atoms with Crippen LogP contribution in [0.5, 0.6) is 0 Å². The zero-order chi connectivity index (χ0) is 25.3. The van der Waals surface area contributed by atoms with E-state index in [-0.39, 0.29) is 28.3 Å². The molecule has 0 radical (unpaired) electrons. The van der Waals surface area contributed by atoms with Crippen LogP contribution in [0.4, 0.5) is 26.3 Å². The van der Waals surface area contributed by atoms with Crippen molar-refractivity contribution >= 4 is 22.4 Å². The number of rotatable bonds is 1. The van der Waals surface area contributed by atoms with Crippen LogP contribution in [0.15, 0.2) is 41.5 Å². The third-order valence-electron chi connectivity index (χ3n) is 7.99. The minimum Gasteiger partial charge on any atom is -0.342 e. The number of carbonyl (C=O) groups excluding carboxylic acids is 1. The van der Waals surface area contributed by atoms with Crippen LogP contribution in [0.1, 0.15) is 62.3 Å². The summed E-state index contributed by atoms with van der Waals surface area (Å²) in [6.45, 7) is 2.15. The van der Waals surface area contributed by atoms with E-state index in [9.17, 15) is 31.1 Å². The Kier molecular flexibility index (Phi) is 5.34. The maximum atomic E-state index is 13.7. The number of aromatic nitrogens is 1. The van der Waals surface area contributed by atoms with Crippen LogP contribution in [0.2, 0.25) is 0 Å². The van der Waals surface area contributed by atoms with Crippen molar-refractivity contribution in [2.45, 2.75) is 63.8 Å². The van der Waals surface area contributed by atoms with Gasteiger partial charge in [0, 0.05) is 30.3 Å². The minimum absolute atomic E-state index is 0.0611. The van der Waals surface area contributed by atoms with E-state index in [1.807, 2.05) is 18.0 Å². The molecule has 35 heavy (non-hydrogen) atoms. The third kappa shape index (κ3) is 3.83. The van der Waals surface area contributed by atoms with Gasteiger partial charge in [0.25, 0.3) is 0 Å². The number of nitrogens with zero attached hydrogens (tertiary/aromatic N) is 2. The van der Waals surface area contributed by atoms with Gasteiger partial charge in [-0.15, -0.1) is 0 Å². The highest BCUT2D eigenvalue weighted by Gasteiger charge is 2.48. The molecule has 0 unspecified atom stereocenters. The molecule has 3 aliphatic rings. The zero-order valence-corrected chi connectivity index (χ0v) is 19.3. The lowest BCUT2D eigenvalue weighted by atomic mass is 9.60. The maximum Gasteiger partial charge on any atom is 0.433 e. The number of benzene rings is 1. The first-order valence-electron chi connectivity index (χ1n) is 11.6. The van der Waals surface area contributed by atoms with Crippen molar-refractivity contribution in [2.75, 3.05) is 7.05 Å². The average Bonchev–Trinajstić information content (AvgIpc) is 2.79. The second-order valence-electron chi connectivity index (χ2n) is 9.90. The van der Waals surface area contributed by atoms with Gasteiger partial charge in [-0.1, -0.05) is 30.7 Å². The number of pyridine rings is 1. The van der Waals surface area contributed by atoms with E-state index < -0.39 is 29.1 Å². The van der Waals surface area contributed by atoms with Gasteiger partial charge < -0.3 is 4.90 Å². The van der Waals surface area contributed by atoms with Gasteiger partial charge in [0.1, 0.15) is 5.69 Å². The second-order valence-corrected chi connectivity index (χ2v) is 9.90. The Bertz CT molecular complexity index is 1290. The van der Waals surface area contributed by atoms with Crippen LogP contribution < -0.4 is 0 Å². The molecule has 2 aromatic rings. The number of carbonyl (C=O) groups is 1. The molecule has 2 atom stereocenters. The highest BCUT2D eigenvalue weighted by molar-refractivity contribution is 5.94. The number of halogens is 6. The summed E-state index contributed by atoms with van der Waals surface area (Å²) in [7, 11) is 1.82. The summed E-state index contributed by atoms with van der Waals surface area (Å²) < 4.78 is 81.9. The quantitative estimate of drug-likeness (QED) is 0.394. The third-order valence-corrected chi connectivity index (χ3v) is 7.99. The smallest absolute Gasteiger partial charge is 0.342 e. The van der Waals surface area contributed by atoms with Gasteiger partial charge in [-0.05, 0) is 60.9 Å². The van der Waals surface area contributed by atoms with Gasteiger partial charge in [0.2, 0.25) is 5.91 Å². The van der Waals surface area contributed by atoms with Gasteiger partial charge in [-0.2, -0.15) is 26.3 Å². The molecule has 1 amide bonds. The molecule has 0 saturated carbocycles. The van der Waals surface area contributed by atoms with Crippen LogP contribution in [-0.4, -0.2) is 28.9 Å². The number of piperidine rings is 1. The first-order valence-corrected chi connectivity index (χ1v) is 11.6. The van der Waals surface area contributed by atoms with E-state index in [2.05, 4.69) is 11.9 Å². The molecular formula is C26H24F6N2O. The van der Waals surface area contributed by atoms with Crippen molar-refractivity contribution in [3.05, 3.63) is 58.3 Å². The first-order chi connectivity index (χ1) is 16.3. The summed E-state index contributed by atoms with van der Waals surface area (Å²) in [4.78, 5) is 17.5. The fourth-order valence-electron chi connectivity index (χ4n) is 6.23. The van der Waals surface area contributed by atoms with E-state index in [0.29, 0.717) is 37.7 Å². The standard InChI is InChI=1S/C26H24F6N2O/c1-24-11-10-22(35)34(2)21(24)9-7-15-12-14(6-8-18(15)24)17-13-20(26(30,31)32)33-23-16(17)4-3-5-19(23)25(27,28)29/h3-5,12-13,21H,6-11H2,1-2H3/t21-,24-/m1/s1. The Morgan fingerprint density at radius 2 is 1.77 bits per heavy atom. The zero-order valence-electron chi connectivity index (χ0n) is 19.3. The number of para-hydroxylation sites is 1. The van der Waals surface area contributed by atoms with Crippen molar-refractivity contribution in [1.29, 1.82) is 0 Å². The lowest BCUT2D eigenvalue weighted by Crippen LogP contribution is -2.54. The normalized spacial score (nSPS) is 25.5. The van der Waals surface area contributed by atoms with Crippen LogP contribution in [0.25, 0.3) is 16.5 Å². The van der Waals surface area contributed by atoms with E-state index in [1.165, 1.54) is 17.7 Å². The van der Waals surface area contributed by atoms with Crippen molar-refractivity contribution in [2.24, 2.45) is 5.41 Å². The molecular weight excluding hydrogens is 470 g/mol. The Balaban J connectivity index is 1.67. The fourth-order valence-corrected chi connectivity index (χ4v) is 6.23. The first kappa shape index (κ1) is 23.9. The topological polar surface area (TPSA) is 33.2 Å². The largest absolute Gasteiger partial charge is 0.433 e. The highest BCUT2D eigenvalue weighted by atomic mass is 19.4. The second kappa shape index (κ2) is 7.83. The Morgan fingerprint density at radius 3 is 2.46 bits per heavy atom. The van der Waals surface area contributed by atoms with Gasteiger partial charge in [0.15, 0.2) is 0 Å². The molecule has 1 aromatic heterocycles. The number of alkyl halides is 6. The number of hydrogen-bond acceptors (Lipinski definition) is 2. The summed E-state index contributed by atoms with van der Waals surface area (Å²) in [6.07, 6.45) is -4.27. The molecule has 0 bridgehead atoms. The van der Waals surface area contributed by atoms with Crippen LogP contribution in [-0.2, 0) is 17.1 Å². The minimum atomic E-state index is -4.88. The summed E-state index contributed by atoms with van der Waals surface area (Å²) in [5.74, 6) is 0.118. The van der Waals surface area contributed by atoms with Gasteiger partial charge in [-0.3, -0.25) is 4.79 Å². The Morgan fingerprint density at radius 1 is 1.03 bits per heavy atom. The molecule has 1 fully saturated rings. The molecule has 2 aliphatic carbocycles. The number of hydrogen-bond donors (Lipinski definition) is 0. The molecule has 186 valence electrons. The molecule has 9 heteroatoms. The van der Waals surface area contributed by atoms with Crippen LogP contribution >= 0.6 is 0 Å². The predicted molar refractivity (Wildman–Crippen MR) is 119 cm³/mol. The average molecular weight is 494 g/mol.